The summed E-state index contributed by atoms with van der Waals surface area (Å²) in [7, 11) is 0. The van der Waals surface area contributed by atoms with Crippen LogP contribution < -0.4 is 0 Å². The van der Waals surface area contributed by atoms with Crippen molar-refractivity contribution in [3.63, 3.8) is 0 Å². The van der Waals surface area contributed by atoms with E-state index in [0.29, 0.717) is 0 Å². The molecule has 0 saturated carbocycles. The molecule has 18 heteroatoms. The van der Waals surface area contributed by atoms with Crippen LogP contribution >= 0.6 is 0 Å². The first-order valence-electron chi connectivity index (χ1n) is 5.06. The molecule has 0 fully saturated rings. The normalized spacial score (nSPS) is 15.9. The summed E-state index contributed by atoms with van der Waals surface area (Å²) < 4.78 is 209. The molecule has 0 aromatic rings. The van der Waals surface area contributed by atoms with Crippen molar-refractivity contribution in [3.05, 3.63) is 0 Å². The van der Waals surface area contributed by atoms with Gasteiger partial charge < -0.3 is 0 Å². The maximum absolute atomic E-state index is 12.8. The Bertz CT molecular complexity index is 487. The third-order valence-electron chi connectivity index (χ3n) is 2.63. The van der Waals surface area contributed by atoms with E-state index in [1.54, 1.807) is 0 Å². The SMILES string of the molecule is FC(F)C(F)(F)C(F)(F)C(F)(F)C(F)(F)C(F)(F)C(F)(F)C(F)(F)F.[KH]. The molecule has 0 saturated heterocycles. The van der Waals surface area contributed by atoms with Crippen LogP contribution in [0.4, 0.5) is 74.6 Å². The molecular weight excluding hydrogens is 458 g/mol. The molecule has 154 valence electrons. The van der Waals surface area contributed by atoms with E-state index in [1.807, 2.05) is 0 Å². The van der Waals surface area contributed by atoms with Crippen molar-refractivity contribution in [2.45, 2.75) is 48.1 Å². The zero-order valence-corrected chi connectivity index (χ0v) is 10.5. The third-order valence-corrected chi connectivity index (χ3v) is 2.63. The number of hydrogen-bond donors (Lipinski definition) is 0. The molecule has 0 unspecified atom stereocenters. The van der Waals surface area contributed by atoms with Crippen molar-refractivity contribution in [1.29, 1.82) is 0 Å². The summed E-state index contributed by atoms with van der Waals surface area (Å²) in [6, 6.07) is 0. The first-order valence-corrected chi connectivity index (χ1v) is 5.06. The average molecular weight is 460 g/mol. The van der Waals surface area contributed by atoms with Gasteiger partial charge in [-0.25, -0.2) is 8.78 Å². The molecule has 0 spiro atoms. The summed E-state index contributed by atoms with van der Waals surface area (Å²) in [5.41, 5.74) is 0. The van der Waals surface area contributed by atoms with Gasteiger partial charge in [0.15, 0.2) is 0 Å². The Morgan fingerprint density at radius 1 is 0.385 bits per heavy atom. The van der Waals surface area contributed by atoms with Crippen molar-refractivity contribution in [2.75, 3.05) is 0 Å². The number of rotatable bonds is 6. The Morgan fingerprint density at radius 3 is 0.846 bits per heavy atom. The van der Waals surface area contributed by atoms with Gasteiger partial charge in [-0.2, -0.15) is 65.9 Å². The van der Waals surface area contributed by atoms with E-state index < -0.39 is 48.1 Å². The van der Waals surface area contributed by atoms with Crippen molar-refractivity contribution < 1.29 is 74.6 Å². The molecule has 0 bridgehead atoms. The molecule has 0 aliphatic heterocycles. The standard InChI is InChI=1S/C8HF17.K.H/c9-1(10)2(11,12)3(13,14)4(15,16)5(17,18)6(19,20)7(21,22)8(23,24)25;;/h1H;;. The fraction of sp³-hybridized carbons (Fsp3) is 1.00. The fourth-order valence-electron chi connectivity index (χ4n) is 1.12. The Labute approximate surface area is 173 Å². The second-order valence-corrected chi connectivity index (χ2v) is 4.29. The Kier molecular flexibility index (Phi) is 8.11. The monoisotopic (exact) mass is 460 g/mol. The predicted octanol–water partition coefficient (Wildman–Crippen LogP) is 4.98. The van der Waals surface area contributed by atoms with Gasteiger partial charge in [-0.15, -0.1) is 0 Å². The Balaban J connectivity index is 0. The maximum atomic E-state index is 12.8. The summed E-state index contributed by atoms with van der Waals surface area (Å²) in [4.78, 5) is 0. The molecule has 0 N–H and O–H groups in total. The second kappa shape index (κ2) is 7.36. The summed E-state index contributed by atoms with van der Waals surface area (Å²) in [6.07, 6.45) is -13.6. The fourth-order valence-corrected chi connectivity index (χ4v) is 1.12. The molecule has 0 nitrogen and oxygen atoms in total. The van der Waals surface area contributed by atoms with Crippen LogP contribution in [0.15, 0.2) is 0 Å². The van der Waals surface area contributed by atoms with Crippen LogP contribution in [0.2, 0.25) is 0 Å². The van der Waals surface area contributed by atoms with E-state index in [-0.39, 0.29) is 51.4 Å². The summed E-state index contributed by atoms with van der Waals surface area (Å²) in [6.45, 7) is 0. The van der Waals surface area contributed by atoms with Gasteiger partial charge >= 0.3 is 99.5 Å². The average Bonchev–Trinajstić information content (AvgIpc) is 2.35. The zero-order chi connectivity index (χ0) is 21.1. The van der Waals surface area contributed by atoms with Crippen molar-refractivity contribution in [1.82, 2.24) is 0 Å². The minimum atomic E-state index is -8.54. The van der Waals surface area contributed by atoms with E-state index in [9.17, 15) is 74.6 Å². The number of hydrogen-bond acceptors (Lipinski definition) is 0. The first kappa shape index (κ1) is 28.7. The van der Waals surface area contributed by atoms with Gasteiger partial charge in [-0.3, -0.25) is 0 Å². The van der Waals surface area contributed by atoms with Crippen molar-refractivity contribution in [3.8, 4) is 0 Å². The van der Waals surface area contributed by atoms with Crippen LogP contribution in [-0.2, 0) is 0 Å². The summed E-state index contributed by atoms with van der Waals surface area (Å²) in [5, 5.41) is 0. The summed E-state index contributed by atoms with van der Waals surface area (Å²) in [5.74, 6) is -49.2. The zero-order valence-electron chi connectivity index (χ0n) is 10.5. The van der Waals surface area contributed by atoms with E-state index in [4.69, 9.17) is 0 Å². The molecule has 26 heavy (non-hydrogen) atoms. The van der Waals surface area contributed by atoms with Crippen LogP contribution in [0.25, 0.3) is 0 Å². The van der Waals surface area contributed by atoms with E-state index in [2.05, 4.69) is 0 Å². The first-order chi connectivity index (χ1) is 10.4. The summed E-state index contributed by atoms with van der Waals surface area (Å²) >= 11 is 0. The van der Waals surface area contributed by atoms with Crippen molar-refractivity contribution >= 4 is 51.4 Å². The minimum absolute atomic E-state index is 0. The molecule has 0 aliphatic carbocycles. The second-order valence-electron chi connectivity index (χ2n) is 4.29. The Morgan fingerprint density at radius 2 is 0.615 bits per heavy atom. The number of halogens is 17. The molecule has 0 amide bonds. The van der Waals surface area contributed by atoms with Gasteiger partial charge in [-0.05, 0) is 0 Å². The molecule has 0 aliphatic rings. The van der Waals surface area contributed by atoms with Gasteiger partial charge in [-0.1, -0.05) is 0 Å². The molecule has 0 aromatic heterocycles. The predicted molar refractivity (Wildman–Crippen MR) is 48.9 cm³/mol. The van der Waals surface area contributed by atoms with Gasteiger partial charge in [0.2, 0.25) is 0 Å². The van der Waals surface area contributed by atoms with Gasteiger partial charge in [0, 0.05) is 0 Å². The topological polar surface area (TPSA) is 0 Å². The van der Waals surface area contributed by atoms with Gasteiger partial charge in [0.1, 0.15) is 0 Å². The quantitative estimate of drug-likeness (QED) is 0.388. The van der Waals surface area contributed by atoms with Crippen molar-refractivity contribution in [2.24, 2.45) is 0 Å². The number of alkyl halides is 17. The van der Waals surface area contributed by atoms with Gasteiger partial charge in [0.25, 0.3) is 0 Å². The van der Waals surface area contributed by atoms with Gasteiger partial charge in [0.05, 0.1) is 0 Å². The van der Waals surface area contributed by atoms with Crippen LogP contribution in [0, 0.1) is 0 Å². The molecule has 0 rings (SSSR count). The molecule has 0 radical (unpaired) electrons. The van der Waals surface area contributed by atoms with Crippen LogP contribution in [0.1, 0.15) is 0 Å². The van der Waals surface area contributed by atoms with E-state index in [0.717, 1.165) is 0 Å². The van der Waals surface area contributed by atoms with E-state index >= 15 is 0 Å². The van der Waals surface area contributed by atoms with Crippen LogP contribution in [-0.4, -0.2) is 99.5 Å². The van der Waals surface area contributed by atoms with Crippen LogP contribution in [0.5, 0.6) is 0 Å². The van der Waals surface area contributed by atoms with Crippen LogP contribution in [0.3, 0.4) is 0 Å². The molecular formula is C8H2F17K. The third kappa shape index (κ3) is 3.68. The molecule has 0 heterocycles. The molecule has 0 atom stereocenters. The Hall–Kier alpha value is 0.446. The molecule has 0 aromatic carbocycles. The van der Waals surface area contributed by atoms with E-state index in [1.165, 1.54) is 0 Å².